The number of likely N-dealkylation sites (tertiary alicyclic amines) is 1. The molecular formula is C27H35F3N4O4. The van der Waals surface area contributed by atoms with Gasteiger partial charge in [0, 0.05) is 37.8 Å². The van der Waals surface area contributed by atoms with Crippen molar-refractivity contribution in [2.75, 3.05) is 27.3 Å². The Bertz CT molecular complexity index is 1090. The fourth-order valence-electron chi connectivity index (χ4n) is 5.13. The number of alkyl halides is 3. The van der Waals surface area contributed by atoms with Crippen molar-refractivity contribution in [2.24, 2.45) is 0 Å². The van der Waals surface area contributed by atoms with Gasteiger partial charge in [0.05, 0.1) is 18.8 Å². The third kappa shape index (κ3) is 6.74. The lowest BCUT2D eigenvalue weighted by Crippen LogP contribution is -2.52. The van der Waals surface area contributed by atoms with Crippen LogP contribution in [0.5, 0.6) is 11.9 Å². The normalized spacial score (nSPS) is 20.8. The number of piperidine rings is 1. The number of hydrogen-bond donors (Lipinski definition) is 1. The monoisotopic (exact) mass is 536 g/mol. The zero-order chi connectivity index (χ0) is 27.3. The third-order valence-electron chi connectivity index (χ3n) is 7.36. The molecule has 11 heteroatoms. The molecule has 1 aliphatic heterocycles. The molecule has 1 saturated heterocycles. The van der Waals surface area contributed by atoms with Crippen LogP contribution >= 0.6 is 0 Å². The third-order valence-corrected chi connectivity index (χ3v) is 7.36. The Morgan fingerprint density at radius 1 is 1.05 bits per heavy atom. The number of carbonyl (C=O) groups excluding carboxylic acids is 1. The molecule has 2 aliphatic rings. The number of ether oxygens (including phenoxy) is 3. The Morgan fingerprint density at radius 3 is 2.37 bits per heavy atom. The van der Waals surface area contributed by atoms with E-state index in [-0.39, 0.29) is 36.2 Å². The van der Waals surface area contributed by atoms with Gasteiger partial charge in [-0.2, -0.15) is 23.1 Å². The van der Waals surface area contributed by atoms with Crippen LogP contribution in [0.15, 0.2) is 24.3 Å². The van der Waals surface area contributed by atoms with Crippen LogP contribution in [0.25, 0.3) is 0 Å². The van der Waals surface area contributed by atoms with Crippen LogP contribution < -0.4 is 14.8 Å². The van der Waals surface area contributed by atoms with Gasteiger partial charge in [-0.15, -0.1) is 0 Å². The molecule has 1 aliphatic carbocycles. The van der Waals surface area contributed by atoms with Crippen LogP contribution in [0.1, 0.15) is 65.7 Å². The molecule has 2 atom stereocenters. The van der Waals surface area contributed by atoms with Gasteiger partial charge in [0.15, 0.2) is 0 Å². The van der Waals surface area contributed by atoms with E-state index in [9.17, 15) is 18.0 Å². The first-order chi connectivity index (χ1) is 18.2. The summed E-state index contributed by atoms with van der Waals surface area (Å²) >= 11 is 0. The number of rotatable bonds is 8. The number of halogens is 3. The summed E-state index contributed by atoms with van der Waals surface area (Å²) in [4.78, 5) is 23.7. The summed E-state index contributed by atoms with van der Waals surface area (Å²) < 4.78 is 55.1. The Morgan fingerprint density at radius 2 is 1.74 bits per heavy atom. The first-order valence-corrected chi connectivity index (χ1v) is 13.0. The summed E-state index contributed by atoms with van der Waals surface area (Å²) in [6.45, 7) is 2.85. The molecule has 0 radical (unpaired) electrons. The molecule has 1 N–H and O–H groups in total. The fourth-order valence-corrected chi connectivity index (χ4v) is 5.13. The smallest absolute Gasteiger partial charge is 0.416 e. The summed E-state index contributed by atoms with van der Waals surface area (Å²) in [5.41, 5.74) is 0.446. The van der Waals surface area contributed by atoms with Gasteiger partial charge in [-0.25, -0.2) is 0 Å². The summed E-state index contributed by atoms with van der Waals surface area (Å²) in [7, 11) is 3.17. The van der Waals surface area contributed by atoms with Crippen LogP contribution in [0.4, 0.5) is 13.2 Å². The van der Waals surface area contributed by atoms with Crippen molar-refractivity contribution < 1.29 is 32.2 Å². The molecule has 208 valence electrons. The van der Waals surface area contributed by atoms with Crippen LogP contribution in [-0.4, -0.2) is 66.3 Å². The van der Waals surface area contributed by atoms with Gasteiger partial charge in [0.1, 0.15) is 12.3 Å². The standard InChI is InChI=1S/C27H35F3N4O4/c1-17-23(25(35)34-14-12-20(13-15-34)31-21-6-4-5-7-22(21)36-2)32-26(37-3)33-24(17)38-16-18-8-10-19(11-9-18)27(28,29)30/h8-11,20-22,31H,4-7,12-16H2,1-3H3/t21-,22+/m1/s1. The van der Waals surface area contributed by atoms with Gasteiger partial charge in [-0.1, -0.05) is 25.0 Å². The minimum atomic E-state index is -4.40. The number of nitrogens with zero attached hydrogens (tertiary/aromatic N) is 3. The van der Waals surface area contributed by atoms with E-state index in [0.29, 0.717) is 36.3 Å². The predicted octanol–water partition coefficient (Wildman–Crippen LogP) is 4.54. The van der Waals surface area contributed by atoms with E-state index in [1.165, 1.54) is 32.1 Å². The van der Waals surface area contributed by atoms with Crippen LogP contribution in [0, 0.1) is 6.92 Å². The Balaban J connectivity index is 1.39. The van der Waals surface area contributed by atoms with Crippen molar-refractivity contribution in [3.05, 3.63) is 46.6 Å². The minimum absolute atomic E-state index is 0.0131. The maximum Gasteiger partial charge on any atom is 0.416 e. The second-order valence-electron chi connectivity index (χ2n) is 9.87. The summed E-state index contributed by atoms with van der Waals surface area (Å²) in [5, 5.41) is 3.75. The van der Waals surface area contributed by atoms with E-state index in [1.807, 2.05) is 0 Å². The molecular weight excluding hydrogens is 501 g/mol. The highest BCUT2D eigenvalue weighted by Gasteiger charge is 2.32. The van der Waals surface area contributed by atoms with E-state index < -0.39 is 11.7 Å². The average Bonchev–Trinajstić information content (AvgIpc) is 2.92. The fraction of sp³-hybridized carbons (Fsp3) is 0.593. The van der Waals surface area contributed by atoms with Crippen molar-refractivity contribution in [1.29, 1.82) is 0 Å². The number of amides is 1. The largest absolute Gasteiger partial charge is 0.472 e. The maximum absolute atomic E-state index is 13.4. The lowest BCUT2D eigenvalue weighted by molar-refractivity contribution is -0.137. The second-order valence-corrected chi connectivity index (χ2v) is 9.87. The van der Waals surface area contributed by atoms with E-state index >= 15 is 0 Å². The van der Waals surface area contributed by atoms with Gasteiger partial charge in [0.25, 0.3) is 5.91 Å². The van der Waals surface area contributed by atoms with Crippen LogP contribution in [-0.2, 0) is 17.5 Å². The number of carbonyl (C=O) groups is 1. The number of hydrogen-bond acceptors (Lipinski definition) is 7. The lowest BCUT2D eigenvalue weighted by Gasteiger charge is -2.38. The van der Waals surface area contributed by atoms with E-state index in [0.717, 1.165) is 37.8 Å². The topological polar surface area (TPSA) is 85.8 Å². The minimum Gasteiger partial charge on any atom is -0.472 e. The summed E-state index contributed by atoms with van der Waals surface area (Å²) in [6, 6.07) is 5.36. The number of methoxy groups -OCH3 is 2. The molecule has 8 nitrogen and oxygen atoms in total. The van der Waals surface area contributed by atoms with Crippen molar-refractivity contribution >= 4 is 5.91 Å². The number of aromatic nitrogens is 2. The molecule has 1 saturated carbocycles. The SMILES string of the molecule is COc1nc(OCc2ccc(C(F)(F)F)cc2)c(C)c(C(=O)N2CCC(N[C@@H]3CCCC[C@@H]3OC)CC2)n1. The van der Waals surface area contributed by atoms with Crippen LogP contribution in [0.3, 0.4) is 0 Å². The molecule has 0 bridgehead atoms. The van der Waals surface area contributed by atoms with E-state index in [2.05, 4.69) is 15.3 Å². The zero-order valence-corrected chi connectivity index (χ0v) is 22.0. The van der Waals surface area contributed by atoms with Crippen LogP contribution in [0.2, 0.25) is 0 Å². The molecule has 1 aromatic carbocycles. The summed E-state index contributed by atoms with van der Waals surface area (Å²) in [6.07, 6.45) is 2.07. The second kappa shape index (κ2) is 12.3. The Kier molecular flexibility index (Phi) is 9.09. The zero-order valence-electron chi connectivity index (χ0n) is 22.0. The molecule has 1 aromatic heterocycles. The van der Waals surface area contributed by atoms with Gasteiger partial charge >= 0.3 is 12.2 Å². The van der Waals surface area contributed by atoms with Crippen molar-refractivity contribution in [3.8, 4) is 11.9 Å². The number of benzene rings is 1. The highest BCUT2D eigenvalue weighted by Crippen LogP contribution is 2.30. The van der Waals surface area contributed by atoms with Gasteiger partial charge in [0.2, 0.25) is 5.88 Å². The van der Waals surface area contributed by atoms with E-state index in [1.54, 1.807) is 18.9 Å². The van der Waals surface area contributed by atoms with E-state index in [4.69, 9.17) is 14.2 Å². The summed E-state index contributed by atoms with van der Waals surface area (Å²) in [5.74, 6) is -0.0759. The van der Waals surface area contributed by atoms with Crippen molar-refractivity contribution in [3.63, 3.8) is 0 Å². The highest BCUT2D eigenvalue weighted by atomic mass is 19.4. The predicted molar refractivity (Wildman–Crippen MR) is 134 cm³/mol. The molecule has 2 fully saturated rings. The van der Waals surface area contributed by atoms with Gasteiger partial charge < -0.3 is 24.4 Å². The Hall–Kier alpha value is -2.92. The van der Waals surface area contributed by atoms with Gasteiger partial charge in [-0.05, 0) is 50.3 Å². The molecule has 1 amide bonds. The molecule has 2 heterocycles. The molecule has 4 rings (SSSR count). The average molecular weight is 537 g/mol. The first-order valence-electron chi connectivity index (χ1n) is 13.0. The first kappa shape index (κ1) is 28.1. The molecule has 38 heavy (non-hydrogen) atoms. The maximum atomic E-state index is 13.4. The highest BCUT2D eigenvalue weighted by molar-refractivity contribution is 5.94. The van der Waals surface area contributed by atoms with Gasteiger partial charge in [-0.3, -0.25) is 4.79 Å². The lowest BCUT2D eigenvalue weighted by atomic mass is 9.90. The van der Waals surface area contributed by atoms with Crippen molar-refractivity contribution in [2.45, 2.75) is 76.4 Å². The molecule has 0 unspecified atom stereocenters. The Labute approximate surface area is 220 Å². The molecule has 0 spiro atoms. The quantitative estimate of drug-likeness (QED) is 0.530. The molecule has 2 aromatic rings. The number of nitrogens with one attached hydrogen (secondary N) is 1. The van der Waals surface area contributed by atoms with Crippen molar-refractivity contribution in [1.82, 2.24) is 20.2 Å².